The zero-order chi connectivity index (χ0) is 25.3. The van der Waals surface area contributed by atoms with Crippen molar-refractivity contribution in [3.8, 4) is 0 Å². The largest absolute Gasteiger partial charge is 0.395 e. The van der Waals surface area contributed by atoms with Crippen LogP contribution in [0.25, 0.3) is 0 Å². The fourth-order valence-corrected chi connectivity index (χ4v) is 5.83. The van der Waals surface area contributed by atoms with Crippen molar-refractivity contribution in [2.75, 3.05) is 52.4 Å². The van der Waals surface area contributed by atoms with Crippen LogP contribution in [0.4, 0.5) is 0 Å². The molecule has 1 aromatic carbocycles. The second kappa shape index (κ2) is 13.8. The van der Waals surface area contributed by atoms with Crippen molar-refractivity contribution in [2.45, 2.75) is 56.5 Å². The van der Waals surface area contributed by atoms with Gasteiger partial charge >= 0.3 is 0 Å². The number of amides is 2. The number of aliphatic hydroxyl groups excluding tert-OH is 1. The summed E-state index contributed by atoms with van der Waals surface area (Å²) in [6, 6.07) is 4.47. The topological polar surface area (TPSA) is 111 Å². The lowest BCUT2D eigenvalue weighted by molar-refractivity contribution is -0.139. The number of benzene rings is 1. The van der Waals surface area contributed by atoms with Gasteiger partial charge in [0, 0.05) is 74.2 Å². The molecule has 10 heteroatoms. The van der Waals surface area contributed by atoms with E-state index in [-0.39, 0.29) is 36.9 Å². The molecule has 1 heterocycles. The van der Waals surface area contributed by atoms with Crippen molar-refractivity contribution in [1.82, 2.24) is 20.4 Å². The molecule has 3 rings (SSSR count). The molecule has 2 aliphatic rings. The van der Waals surface area contributed by atoms with Crippen LogP contribution in [0.15, 0.2) is 18.2 Å². The molecule has 1 aliphatic carbocycles. The molecule has 196 valence electrons. The summed E-state index contributed by atoms with van der Waals surface area (Å²) in [6.45, 7) is 4.60. The molecule has 8 nitrogen and oxygen atoms in total. The Kier molecular flexibility index (Phi) is 11.1. The minimum absolute atomic E-state index is 0.0775. The van der Waals surface area contributed by atoms with Crippen LogP contribution in [-0.2, 0) is 16.0 Å². The minimum Gasteiger partial charge on any atom is -0.395 e. The molecule has 1 unspecified atom stereocenters. The summed E-state index contributed by atoms with van der Waals surface area (Å²) >= 11 is 12.4. The van der Waals surface area contributed by atoms with Gasteiger partial charge in [-0.1, -0.05) is 48.5 Å². The van der Waals surface area contributed by atoms with Gasteiger partial charge in [0.05, 0.1) is 6.61 Å². The van der Waals surface area contributed by atoms with Crippen molar-refractivity contribution in [1.29, 1.82) is 0 Å². The highest BCUT2D eigenvalue weighted by Gasteiger charge is 2.40. The summed E-state index contributed by atoms with van der Waals surface area (Å²) < 4.78 is 0. The molecular weight excluding hydrogens is 489 g/mol. The second-order valence-corrected chi connectivity index (χ2v) is 10.4. The van der Waals surface area contributed by atoms with E-state index in [1.54, 1.807) is 18.2 Å². The van der Waals surface area contributed by atoms with Crippen LogP contribution < -0.4 is 16.4 Å². The highest BCUT2D eigenvalue weighted by Crippen LogP contribution is 2.34. The first-order chi connectivity index (χ1) is 16.9. The standard InChI is InChI=1S/C25H39Cl2N5O3/c26-20-5-4-19(21(27)17-20)16-22(30-23(34)6-9-28)24(35)31-11-13-32(14-12-31)25(18-29-10-15-33)7-2-1-3-8-25/h4-5,17,22,29,33H,1-3,6-16,18,28H2,(H,30,34). The number of carbonyl (C=O) groups excluding carboxylic acids is 2. The SMILES string of the molecule is NCCC(=O)NC(Cc1ccc(Cl)cc1Cl)C(=O)N1CCN(C2(CNCCO)CCCCC2)CC1. The van der Waals surface area contributed by atoms with Crippen LogP contribution in [0.2, 0.25) is 10.0 Å². The lowest BCUT2D eigenvalue weighted by atomic mass is 9.79. The molecule has 1 aromatic rings. The van der Waals surface area contributed by atoms with E-state index in [4.69, 9.17) is 28.9 Å². The van der Waals surface area contributed by atoms with E-state index in [0.29, 0.717) is 36.1 Å². The minimum atomic E-state index is -0.714. The Labute approximate surface area is 218 Å². The number of hydrogen-bond acceptors (Lipinski definition) is 6. The maximum atomic E-state index is 13.5. The Bertz CT molecular complexity index is 842. The Morgan fingerprint density at radius 3 is 2.46 bits per heavy atom. The van der Waals surface area contributed by atoms with E-state index in [9.17, 15) is 14.7 Å². The van der Waals surface area contributed by atoms with Crippen molar-refractivity contribution in [3.05, 3.63) is 33.8 Å². The molecule has 0 radical (unpaired) electrons. The Morgan fingerprint density at radius 2 is 1.83 bits per heavy atom. The van der Waals surface area contributed by atoms with Gasteiger partial charge in [-0.05, 0) is 30.5 Å². The predicted octanol–water partition coefficient (Wildman–Crippen LogP) is 1.80. The van der Waals surface area contributed by atoms with E-state index >= 15 is 0 Å². The highest BCUT2D eigenvalue weighted by atomic mass is 35.5. The number of carbonyl (C=O) groups is 2. The van der Waals surface area contributed by atoms with Gasteiger partial charge < -0.3 is 26.4 Å². The lowest BCUT2D eigenvalue weighted by Crippen LogP contribution is -2.63. The molecule has 1 atom stereocenters. The fourth-order valence-electron chi connectivity index (χ4n) is 5.34. The van der Waals surface area contributed by atoms with Crippen LogP contribution in [0, 0.1) is 0 Å². The van der Waals surface area contributed by atoms with Crippen molar-refractivity contribution in [2.24, 2.45) is 5.73 Å². The van der Waals surface area contributed by atoms with Crippen LogP contribution in [0.5, 0.6) is 0 Å². The number of nitrogens with one attached hydrogen (secondary N) is 2. The van der Waals surface area contributed by atoms with Crippen molar-refractivity contribution in [3.63, 3.8) is 0 Å². The van der Waals surface area contributed by atoms with Gasteiger partial charge in [0.1, 0.15) is 6.04 Å². The average Bonchev–Trinajstić information content (AvgIpc) is 2.86. The molecule has 35 heavy (non-hydrogen) atoms. The first-order valence-corrected chi connectivity index (χ1v) is 13.4. The number of halogens is 2. The normalized spacial score (nSPS) is 19.4. The highest BCUT2D eigenvalue weighted by molar-refractivity contribution is 6.35. The number of rotatable bonds is 11. The summed E-state index contributed by atoms with van der Waals surface area (Å²) in [5.41, 5.74) is 6.38. The number of nitrogens with zero attached hydrogens (tertiary/aromatic N) is 2. The van der Waals surface area contributed by atoms with Gasteiger partial charge in [-0.25, -0.2) is 0 Å². The van der Waals surface area contributed by atoms with E-state index in [1.807, 2.05) is 4.90 Å². The van der Waals surface area contributed by atoms with Gasteiger partial charge in [-0.15, -0.1) is 0 Å². The van der Waals surface area contributed by atoms with Crippen molar-refractivity contribution < 1.29 is 14.7 Å². The molecule has 2 fully saturated rings. The third kappa shape index (κ3) is 7.78. The predicted molar refractivity (Wildman–Crippen MR) is 140 cm³/mol. The number of piperazine rings is 1. The molecule has 1 aliphatic heterocycles. The molecular formula is C25H39Cl2N5O3. The first kappa shape index (κ1) is 28.2. The van der Waals surface area contributed by atoms with Crippen LogP contribution in [0.1, 0.15) is 44.1 Å². The van der Waals surface area contributed by atoms with E-state index < -0.39 is 6.04 Å². The molecule has 0 aromatic heterocycles. The molecule has 5 N–H and O–H groups in total. The summed E-state index contributed by atoms with van der Waals surface area (Å²) in [6.07, 6.45) is 6.39. The maximum Gasteiger partial charge on any atom is 0.245 e. The van der Waals surface area contributed by atoms with Gasteiger partial charge in [0.25, 0.3) is 0 Å². The summed E-state index contributed by atoms with van der Waals surface area (Å²) in [7, 11) is 0. The quantitative estimate of drug-likeness (QED) is 0.326. The summed E-state index contributed by atoms with van der Waals surface area (Å²) in [5, 5.41) is 16.5. The zero-order valence-electron chi connectivity index (χ0n) is 20.4. The monoisotopic (exact) mass is 527 g/mol. The van der Waals surface area contributed by atoms with Gasteiger partial charge in [-0.3, -0.25) is 14.5 Å². The number of hydrogen-bond donors (Lipinski definition) is 4. The third-order valence-corrected chi connectivity index (χ3v) is 7.82. The van der Waals surface area contributed by atoms with Gasteiger partial charge in [-0.2, -0.15) is 0 Å². The van der Waals surface area contributed by atoms with Gasteiger partial charge in [0.2, 0.25) is 11.8 Å². The first-order valence-electron chi connectivity index (χ1n) is 12.7. The molecule has 0 bridgehead atoms. The third-order valence-electron chi connectivity index (χ3n) is 7.23. The van der Waals surface area contributed by atoms with Crippen LogP contribution in [0.3, 0.4) is 0 Å². The second-order valence-electron chi connectivity index (χ2n) is 9.60. The Hall–Kier alpha value is -1.42. The van der Waals surface area contributed by atoms with Crippen molar-refractivity contribution >= 4 is 35.0 Å². The van der Waals surface area contributed by atoms with Gasteiger partial charge in [0.15, 0.2) is 0 Å². The number of aliphatic hydroxyl groups is 1. The Balaban J connectivity index is 1.67. The smallest absolute Gasteiger partial charge is 0.245 e. The molecule has 1 saturated carbocycles. The summed E-state index contributed by atoms with van der Waals surface area (Å²) in [4.78, 5) is 30.3. The maximum absolute atomic E-state index is 13.5. The number of nitrogens with two attached hydrogens (primary N) is 1. The zero-order valence-corrected chi connectivity index (χ0v) is 21.9. The van der Waals surface area contributed by atoms with Crippen LogP contribution in [-0.4, -0.2) is 90.7 Å². The lowest BCUT2D eigenvalue weighted by Gasteiger charge is -2.50. The molecule has 0 spiro atoms. The van der Waals surface area contributed by atoms with E-state index in [0.717, 1.165) is 38.0 Å². The average molecular weight is 529 g/mol. The molecule has 1 saturated heterocycles. The van der Waals surface area contributed by atoms with E-state index in [1.165, 1.54) is 19.3 Å². The van der Waals surface area contributed by atoms with Crippen LogP contribution >= 0.6 is 23.2 Å². The summed E-state index contributed by atoms with van der Waals surface area (Å²) in [5.74, 6) is -0.345. The Morgan fingerprint density at radius 1 is 1.11 bits per heavy atom. The van der Waals surface area contributed by atoms with E-state index in [2.05, 4.69) is 15.5 Å². The fraction of sp³-hybridized carbons (Fsp3) is 0.680. The molecule has 2 amide bonds.